The molecule has 6 nitrogen and oxygen atoms in total. The van der Waals surface area contributed by atoms with Crippen LogP contribution in [0, 0.1) is 5.82 Å². The Morgan fingerprint density at radius 2 is 1.88 bits per heavy atom. The SMILES string of the molecule is CCO/N=C(/c1ccc(CN2CCC(c3ccc(=O)n(C)c3)CC2)cc1)c1ccc(F)cn1. The highest BCUT2D eigenvalue weighted by Gasteiger charge is 2.21. The van der Waals surface area contributed by atoms with Crippen LogP contribution < -0.4 is 5.56 Å². The third-order valence-corrected chi connectivity index (χ3v) is 6.06. The number of oxime groups is 1. The molecule has 0 N–H and O–H groups in total. The molecule has 1 aliphatic heterocycles. The molecule has 1 fully saturated rings. The largest absolute Gasteiger partial charge is 0.396 e. The molecule has 1 aromatic carbocycles. The number of aryl methyl sites for hydroxylation is 1. The lowest BCUT2D eigenvalue weighted by Crippen LogP contribution is -2.32. The van der Waals surface area contributed by atoms with Crippen LogP contribution in [-0.2, 0) is 18.4 Å². The molecule has 33 heavy (non-hydrogen) atoms. The van der Waals surface area contributed by atoms with Gasteiger partial charge in [0, 0.05) is 31.4 Å². The van der Waals surface area contributed by atoms with E-state index in [0.717, 1.165) is 38.0 Å². The second kappa shape index (κ2) is 10.5. The Hall–Kier alpha value is -3.32. The first-order chi connectivity index (χ1) is 16.0. The Kier molecular flexibility index (Phi) is 7.29. The Morgan fingerprint density at radius 1 is 1.12 bits per heavy atom. The first kappa shape index (κ1) is 22.9. The molecule has 1 aliphatic rings. The summed E-state index contributed by atoms with van der Waals surface area (Å²) in [5.41, 5.74) is 4.53. The van der Waals surface area contributed by atoms with Crippen LogP contribution in [-0.4, -0.2) is 39.9 Å². The summed E-state index contributed by atoms with van der Waals surface area (Å²) in [6.07, 6.45) is 5.32. The topological polar surface area (TPSA) is 59.7 Å². The molecule has 0 bridgehead atoms. The average Bonchev–Trinajstić information content (AvgIpc) is 2.84. The molecule has 0 aliphatic carbocycles. The van der Waals surface area contributed by atoms with Crippen molar-refractivity contribution in [1.29, 1.82) is 0 Å². The Labute approximate surface area is 193 Å². The molecule has 2 aromatic heterocycles. The zero-order chi connectivity index (χ0) is 23.2. The molecule has 172 valence electrons. The number of halogens is 1. The highest BCUT2D eigenvalue weighted by atomic mass is 19.1. The number of pyridine rings is 2. The van der Waals surface area contributed by atoms with Gasteiger partial charge in [0.25, 0.3) is 0 Å². The van der Waals surface area contributed by atoms with Crippen molar-refractivity contribution < 1.29 is 9.23 Å². The summed E-state index contributed by atoms with van der Waals surface area (Å²) < 4.78 is 14.9. The summed E-state index contributed by atoms with van der Waals surface area (Å²) in [7, 11) is 1.81. The summed E-state index contributed by atoms with van der Waals surface area (Å²) in [4.78, 5) is 23.5. The van der Waals surface area contributed by atoms with Crippen molar-refractivity contribution in [2.24, 2.45) is 12.2 Å². The Morgan fingerprint density at radius 3 is 2.52 bits per heavy atom. The summed E-state index contributed by atoms with van der Waals surface area (Å²) in [6.45, 7) is 5.23. The number of benzene rings is 1. The fourth-order valence-electron chi connectivity index (χ4n) is 4.20. The predicted molar refractivity (Wildman–Crippen MR) is 127 cm³/mol. The fourth-order valence-corrected chi connectivity index (χ4v) is 4.20. The maximum absolute atomic E-state index is 13.3. The van der Waals surface area contributed by atoms with Gasteiger partial charge in [-0.1, -0.05) is 35.5 Å². The van der Waals surface area contributed by atoms with Gasteiger partial charge in [0.15, 0.2) is 0 Å². The molecule has 3 heterocycles. The van der Waals surface area contributed by atoms with Crippen LogP contribution in [0.1, 0.15) is 48.1 Å². The maximum atomic E-state index is 13.3. The van der Waals surface area contributed by atoms with Crippen molar-refractivity contribution in [2.75, 3.05) is 19.7 Å². The average molecular weight is 449 g/mol. The normalized spacial score (nSPS) is 15.5. The third kappa shape index (κ3) is 5.73. The van der Waals surface area contributed by atoms with Gasteiger partial charge in [0.2, 0.25) is 5.56 Å². The lowest BCUT2D eigenvalue weighted by atomic mass is 9.90. The highest BCUT2D eigenvalue weighted by Crippen LogP contribution is 2.28. The van der Waals surface area contributed by atoms with Crippen molar-refractivity contribution in [1.82, 2.24) is 14.5 Å². The molecule has 1 saturated heterocycles. The van der Waals surface area contributed by atoms with Gasteiger partial charge >= 0.3 is 0 Å². The van der Waals surface area contributed by atoms with Crippen molar-refractivity contribution in [3.8, 4) is 0 Å². The van der Waals surface area contributed by atoms with Gasteiger partial charge in [-0.15, -0.1) is 0 Å². The van der Waals surface area contributed by atoms with E-state index in [1.54, 1.807) is 23.7 Å². The van der Waals surface area contributed by atoms with Crippen LogP contribution in [0.25, 0.3) is 0 Å². The van der Waals surface area contributed by atoms with Gasteiger partial charge < -0.3 is 9.40 Å². The van der Waals surface area contributed by atoms with E-state index in [1.807, 2.05) is 31.3 Å². The molecule has 0 unspecified atom stereocenters. The van der Waals surface area contributed by atoms with Gasteiger partial charge in [0.1, 0.15) is 18.1 Å². The minimum atomic E-state index is -0.384. The van der Waals surface area contributed by atoms with Crippen molar-refractivity contribution in [3.05, 3.63) is 99.5 Å². The van der Waals surface area contributed by atoms with Crippen molar-refractivity contribution in [2.45, 2.75) is 32.2 Å². The van der Waals surface area contributed by atoms with E-state index in [1.165, 1.54) is 23.4 Å². The van der Waals surface area contributed by atoms with E-state index in [4.69, 9.17) is 4.84 Å². The Balaban J connectivity index is 1.39. The van der Waals surface area contributed by atoms with Crippen LogP contribution in [0.3, 0.4) is 0 Å². The number of piperidine rings is 1. The third-order valence-electron chi connectivity index (χ3n) is 6.06. The van der Waals surface area contributed by atoms with E-state index < -0.39 is 0 Å². The van der Waals surface area contributed by atoms with Crippen LogP contribution in [0.15, 0.2) is 70.9 Å². The number of hydrogen-bond acceptors (Lipinski definition) is 5. The second-order valence-corrected chi connectivity index (χ2v) is 8.38. The monoisotopic (exact) mass is 448 g/mol. The highest BCUT2D eigenvalue weighted by molar-refractivity contribution is 6.11. The molecule has 7 heteroatoms. The molecule has 0 saturated carbocycles. The molecule has 0 amide bonds. The Bertz CT molecular complexity index is 1150. The lowest BCUT2D eigenvalue weighted by molar-refractivity contribution is 0.159. The van der Waals surface area contributed by atoms with Gasteiger partial charge in [-0.2, -0.15) is 0 Å². The standard InChI is InChI=1S/C26H29FN4O2/c1-3-33-29-26(24-10-9-23(27)16-28-24)21-6-4-19(5-7-21)17-31-14-12-20(13-15-31)22-8-11-25(32)30(2)18-22/h4-11,16,18,20H,3,12-15,17H2,1-2H3/b29-26-. The smallest absolute Gasteiger partial charge is 0.250 e. The van der Waals surface area contributed by atoms with Crippen molar-refractivity contribution in [3.63, 3.8) is 0 Å². The summed E-state index contributed by atoms with van der Waals surface area (Å²) in [6, 6.07) is 14.8. The van der Waals surface area contributed by atoms with Gasteiger partial charge in [-0.05, 0) is 62.0 Å². The second-order valence-electron chi connectivity index (χ2n) is 8.38. The first-order valence-electron chi connectivity index (χ1n) is 11.3. The van der Waals surface area contributed by atoms with Crippen LogP contribution in [0.5, 0.6) is 0 Å². The molecule has 0 radical (unpaired) electrons. The molecule has 4 rings (SSSR count). The summed E-state index contributed by atoms with van der Waals surface area (Å²) >= 11 is 0. The van der Waals surface area contributed by atoms with Crippen LogP contribution in [0.2, 0.25) is 0 Å². The first-order valence-corrected chi connectivity index (χ1v) is 11.3. The summed E-state index contributed by atoms with van der Waals surface area (Å²) in [5.74, 6) is 0.112. The van der Waals surface area contributed by atoms with E-state index >= 15 is 0 Å². The van der Waals surface area contributed by atoms with E-state index in [2.05, 4.69) is 27.2 Å². The number of aromatic nitrogens is 2. The van der Waals surface area contributed by atoms with E-state index in [-0.39, 0.29) is 11.4 Å². The summed E-state index contributed by atoms with van der Waals surface area (Å²) in [5, 5.41) is 4.21. The molecular formula is C26H29FN4O2. The van der Waals surface area contributed by atoms with E-state index in [0.29, 0.717) is 23.9 Å². The molecule has 0 spiro atoms. The fraction of sp³-hybridized carbons (Fsp3) is 0.346. The minimum absolute atomic E-state index is 0.0318. The zero-order valence-electron chi connectivity index (χ0n) is 19.1. The van der Waals surface area contributed by atoms with Gasteiger partial charge in [-0.25, -0.2) is 4.39 Å². The predicted octanol–water partition coefficient (Wildman–Crippen LogP) is 4.09. The van der Waals surface area contributed by atoms with Gasteiger partial charge in [0.05, 0.1) is 11.9 Å². The molecule has 0 atom stereocenters. The number of nitrogens with zero attached hydrogens (tertiary/aromatic N) is 4. The van der Waals surface area contributed by atoms with E-state index in [9.17, 15) is 9.18 Å². The van der Waals surface area contributed by atoms with Gasteiger partial charge in [-0.3, -0.25) is 14.7 Å². The van der Waals surface area contributed by atoms with Crippen LogP contribution in [0.4, 0.5) is 4.39 Å². The quantitative estimate of drug-likeness (QED) is 0.404. The number of likely N-dealkylation sites (tertiary alicyclic amines) is 1. The molecule has 3 aromatic rings. The van der Waals surface area contributed by atoms with Crippen molar-refractivity contribution >= 4 is 5.71 Å². The van der Waals surface area contributed by atoms with Crippen LogP contribution >= 0.6 is 0 Å². The molecular weight excluding hydrogens is 419 g/mol. The minimum Gasteiger partial charge on any atom is -0.396 e. The maximum Gasteiger partial charge on any atom is 0.250 e. The number of rotatable bonds is 7. The lowest BCUT2D eigenvalue weighted by Gasteiger charge is -2.32. The zero-order valence-corrected chi connectivity index (χ0v) is 19.1. The number of hydrogen-bond donors (Lipinski definition) is 0.